The van der Waals surface area contributed by atoms with Gasteiger partial charge in [0.05, 0.1) is 6.54 Å². The van der Waals surface area contributed by atoms with Gasteiger partial charge >= 0.3 is 0 Å². The van der Waals surface area contributed by atoms with Crippen LogP contribution in [0.5, 0.6) is 0 Å². The van der Waals surface area contributed by atoms with Gasteiger partial charge in [-0.3, -0.25) is 4.79 Å². The van der Waals surface area contributed by atoms with Crippen molar-refractivity contribution in [2.45, 2.75) is 38.6 Å². The van der Waals surface area contributed by atoms with Crippen LogP contribution in [0.1, 0.15) is 47.8 Å². The molecule has 102 valence electrons. The summed E-state index contributed by atoms with van der Waals surface area (Å²) >= 11 is 1.44. The molecule has 0 saturated heterocycles. The Bertz CT molecular complexity index is 494. The van der Waals surface area contributed by atoms with E-state index in [9.17, 15) is 4.79 Å². The SMILES string of the molecule is CCC(CC1CC1)NC(=O)c1sccc1C#CCN. The molecule has 1 unspecified atom stereocenters. The van der Waals surface area contributed by atoms with Gasteiger partial charge < -0.3 is 11.1 Å². The third kappa shape index (κ3) is 4.09. The van der Waals surface area contributed by atoms with Gasteiger partial charge in [-0.15, -0.1) is 11.3 Å². The second-order valence-electron chi connectivity index (χ2n) is 4.93. The molecule has 1 fully saturated rings. The average molecular weight is 276 g/mol. The summed E-state index contributed by atoms with van der Waals surface area (Å²) in [5, 5.41) is 5.03. The summed E-state index contributed by atoms with van der Waals surface area (Å²) < 4.78 is 0. The third-order valence-corrected chi connectivity index (χ3v) is 4.25. The Morgan fingerprint density at radius 2 is 2.42 bits per heavy atom. The number of amides is 1. The van der Waals surface area contributed by atoms with Crippen LogP contribution in [0.4, 0.5) is 0 Å². The average Bonchev–Trinajstić information content (AvgIpc) is 3.10. The maximum absolute atomic E-state index is 12.3. The summed E-state index contributed by atoms with van der Waals surface area (Å²) in [4.78, 5) is 13.0. The largest absolute Gasteiger partial charge is 0.349 e. The first kappa shape index (κ1) is 14.1. The lowest BCUT2D eigenvalue weighted by Gasteiger charge is -2.16. The van der Waals surface area contributed by atoms with E-state index >= 15 is 0 Å². The molecule has 3 N–H and O–H groups in total. The van der Waals surface area contributed by atoms with Gasteiger partial charge in [-0.1, -0.05) is 31.6 Å². The number of rotatable bonds is 5. The number of carbonyl (C=O) groups excluding carboxylic acids is 1. The number of thiophene rings is 1. The van der Waals surface area contributed by atoms with Gasteiger partial charge in [-0.2, -0.15) is 0 Å². The lowest BCUT2D eigenvalue weighted by Crippen LogP contribution is -2.34. The Balaban J connectivity index is 1.99. The minimum absolute atomic E-state index is 0.00354. The maximum atomic E-state index is 12.3. The van der Waals surface area contributed by atoms with E-state index in [0.717, 1.165) is 24.3 Å². The van der Waals surface area contributed by atoms with E-state index in [0.29, 0.717) is 11.4 Å². The Kier molecular flexibility index (Phi) is 5.00. The predicted molar refractivity (Wildman–Crippen MR) is 79.1 cm³/mol. The molecule has 1 aliphatic rings. The number of carbonyl (C=O) groups is 1. The fourth-order valence-corrected chi connectivity index (χ4v) is 2.82. The van der Waals surface area contributed by atoms with Crippen molar-refractivity contribution in [1.82, 2.24) is 5.32 Å². The van der Waals surface area contributed by atoms with Gasteiger partial charge in [-0.05, 0) is 30.2 Å². The third-order valence-electron chi connectivity index (χ3n) is 3.34. The minimum Gasteiger partial charge on any atom is -0.349 e. The van der Waals surface area contributed by atoms with Crippen LogP contribution >= 0.6 is 11.3 Å². The number of nitrogens with one attached hydrogen (secondary N) is 1. The molecule has 1 aromatic heterocycles. The zero-order valence-electron chi connectivity index (χ0n) is 11.2. The van der Waals surface area contributed by atoms with Crippen LogP contribution < -0.4 is 11.1 Å². The smallest absolute Gasteiger partial charge is 0.262 e. The van der Waals surface area contributed by atoms with Crippen molar-refractivity contribution in [1.29, 1.82) is 0 Å². The Morgan fingerprint density at radius 1 is 1.63 bits per heavy atom. The fraction of sp³-hybridized carbons (Fsp3) is 0.533. The quantitative estimate of drug-likeness (QED) is 0.811. The topological polar surface area (TPSA) is 55.1 Å². The lowest BCUT2D eigenvalue weighted by molar-refractivity contribution is 0.0936. The first-order chi connectivity index (χ1) is 9.24. The second-order valence-corrected chi connectivity index (χ2v) is 5.84. The molecule has 3 nitrogen and oxygen atoms in total. The summed E-state index contributed by atoms with van der Waals surface area (Å²) in [5.74, 6) is 6.58. The molecule has 0 bridgehead atoms. The Morgan fingerprint density at radius 3 is 3.05 bits per heavy atom. The van der Waals surface area contributed by atoms with Crippen molar-refractivity contribution >= 4 is 17.2 Å². The zero-order valence-corrected chi connectivity index (χ0v) is 12.1. The molecule has 1 amide bonds. The number of hydrogen-bond donors (Lipinski definition) is 2. The van der Waals surface area contributed by atoms with E-state index in [2.05, 4.69) is 24.1 Å². The lowest BCUT2D eigenvalue weighted by atomic mass is 10.1. The van der Waals surface area contributed by atoms with E-state index in [1.807, 2.05) is 11.4 Å². The van der Waals surface area contributed by atoms with Crippen LogP contribution in [-0.2, 0) is 0 Å². The van der Waals surface area contributed by atoms with E-state index < -0.39 is 0 Å². The highest BCUT2D eigenvalue weighted by atomic mass is 32.1. The predicted octanol–water partition coefficient (Wildman–Crippen LogP) is 2.37. The van der Waals surface area contributed by atoms with Gasteiger partial charge in [0.2, 0.25) is 0 Å². The van der Waals surface area contributed by atoms with Crippen molar-refractivity contribution in [2.24, 2.45) is 11.7 Å². The van der Waals surface area contributed by atoms with Crippen LogP contribution in [0, 0.1) is 17.8 Å². The van der Waals surface area contributed by atoms with Crippen LogP contribution in [0.2, 0.25) is 0 Å². The molecular formula is C15H20N2OS. The molecule has 1 aromatic rings. The van der Waals surface area contributed by atoms with Crippen LogP contribution in [-0.4, -0.2) is 18.5 Å². The van der Waals surface area contributed by atoms with E-state index in [4.69, 9.17) is 5.73 Å². The van der Waals surface area contributed by atoms with Crippen LogP contribution in [0.25, 0.3) is 0 Å². The maximum Gasteiger partial charge on any atom is 0.262 e. The van der Waals surface area contributed by atoms with E-state index in [-0.39, 0.29) is 11.9 Å². The minimum atomic E-state index is 0.00354. The second kappa shape index (κ2) is 6.74. The van der Waals surface area contributed by atoms with Crippen molar-refractivity contribution in [3.63, 3.8) is 0 Å². The standard InChI is InChI=1S/C15H20N2OS/c1-2-13(10-11-5-6-11)17-15(18)14-12(4-3-8-16)7-9-19-14/h7,9,11,13H,2,5-6,8,10,16H2,1H3,(H,17,18). The summed E-state index contributed by atoms with van der Waals surface area (Å²) in [6.07, 6.45) is 4.73. The number of hydrogen-bond acceptors (Lipinski definition) is 3. The first-order valence-corrected chi connectivity index (χ1v) is 7.69. The summed E-state index contributed by atoms with van der Waals surface area (Å²) in [7, 11) is 0. The van der Waals surface area contributed by atoms with Crippen molar-refractivity contribution in [3.8, 4) is 11.8 Å². The molecule has 0 aliphatic heterocycles. The summed E-state index contributed by atoms with van der Waals surface area (Å²) in [5.41, 5.74) is 6.15. The highest BCUT2D eigenvalue weighted by Gasteiger charge is 2.26. The van der Waals surface area contributed by atoms with Crippen molar-refractivity contribution in [2.75, 3.05) is 6.54 Å². The highest BCUT2D eigenvalue weighted by molar-refractivity contribution is 7.12. The molecule has 19 heavy (non-hydrogen) atoms. The van der Waals surface area contributed by atoms with Gasteiger partial charge in [-0.25, -0.2) is 0 Å². The van der Waals surface area contributed by atoms with E-state index in [1.165, 1.54) is 24.2 Å². The molecule has 1 saturated carbocycles. The molecule has 4 heteroatoms. The zero-order chi connectivity index (χ0) is 13.7. The van der Waals surface area contributed by atoms with Crippen molar-refractivity contribution in [3.05, 3.63) is 21.9 Å². The highest BCUT2D eigenvalue weighted by Crippen LogP contribution is 2.34. The van der Waals surface area contributed by atoms with Gasteiger partial charge in [0.1, 0.15) is 4.88 Å². The summed E-state index contributed by atoms with van der Waals surface area (Å²) in [6, 6.07) is 2.17. The van der Waals surface area contributed by atoms with Gasteiger partial charge in [0, 0.05) is 11.6 Å². The van der Waals surface area contributed by atoms with Crippen LogP contribution in [0.15, 0.2) is 11.4 Å². The molecule has 1 heterocycles. The molecule has 1 atom stereocenters. The molecule has 0 aromatic carbocycles. The Hall–Kier alpha value is -1.31. The molecule has 1 aliphatic carbocycles. The van der Waals surface area contributed by atoms with Gasteiger partial charge in [0.25, 0.3) is 5.91 Å². The Labute approximate surface area is 118 Å². The molecule has 2 rings (SSSR count). The van der Waals surface area contributed by atoms with Gasteiger partial charge in [0.15, 0.2) is 0 Å². The number of nitrogens with two attached hydrogens (primary N) is 1. The first-order valence-electron chi connectivity index (χ1n) is 6.81. The summed E-state index contributed by atoms with van der Waals surface area (Å²) in [6.45, 7) is 2.44. The fourth-order valence-electron chi connectivity index (χ4n) is 2.06. The van der Waals surface area contributed by atoms with Crippen LogP contribution in [0.3, 0.4) is 0 Å². The molecule has 0 radical (unpaired) electrons. The van der Waals surface area contributed by atoms with E-state index in [1.54, 1.807) is 0 Å². The molecule has 0 spiro atoms. The van der Waals surface area contributed by atoms with Crippen molar-refractivity contribution < 1.29 is 4.79 Å². The molecular weight excluding hydrogens is 256 g/mol. The monoisotopic (exact) mass is 276 g/mol. The normalized spacial score (nSPS) is 15.5.